The zero-order chi connectivity index (χ0) is 17.8. The zero-order valence-electron chi connectivity index (χ0n) is 14.0. The minimum absolute atomic E-state index is 0.125. The van der Waals surface area contributed by atoms with Crippen molar-refractivity contribution >= 4 is 44.9 Å². The number of hydrogen-bond acceptors (Lipinski definition) is 8. The highest BCUT2D eigenvalue weighted by Crippen LogP contribution is 2.18. The van der Waals surface area contributed by atoms with E-state index in [1.807, 2.05) is 14.0 Å². The largest absolute Gasteiger partial charge is 0.323 e. The first-order valence-corrected chi connectivity index (χ1v) is 9.48. The molecule has 9 nitrogen and oxygen atoms in total. The van der Waals surface area contributed by atoms with E-state index in [4.69, 9.17) is 0 Å². The molecular formula is C14H19N7O2S2. The van der Waals surface area contributed by atoms with Crippen molar-refractivity contribution in [3.05, 3.63) is 16.1 Å². The summed E-state index contributed by atoms with van der Waals surface area (Å²) in [6.07, 6.45) is 0.125. The van der Waals surface area contributed by atoms with E-state index in [1.165, 1.54) is 22.7 Å². The number of amides is 3. The number of piperazine rings is 1. The molecule has 11 heteroatoms. The van der Waals surface area contributed by atoms with Gasteiger partial charge in [-0.2, -0.15) is 0 Å². The van der Waals surface area contributed by atoms with Crippen LogP contribution in [0.3, 0.4) is 0 Å². The Hall–Kier alpha value is -2.11. The van der Waals surface area contributed by atoms with Crippen LogP contribution in [0.1, 0.15) is 10.7 Å². The number of hydrogen-bond donors (Lipinski definition) is 2. The van der Waals surface area contributed by atoms with Crippen LogP contribution in [0.15, 0.2) is 5.38 Å². The lowest BCUT2D eigenvalue weighted by molar-refractivity contribution is -0.115. The topological polar surface area (TPSA) is 103 Å². The highest BCUT2D eigenvalue weighted by atomic mass is 32.1. The molecule has 0 saturated carbocycles. The van der Waals surface area contributed by atoms with Crippen molar-refractivity contribution in [2.75, 3.05) is 43.9 Å². The molecule has 1 aliphatic heterocycles. The van der Waals surface area contributed by atoms with Gasteiger partial charge in [0.2, 0.25) is 11.0 Å². The fourth-order valence-electron chi connectivity index (χ4n) is 2.30. The molecule has 1 aliphatic rings. The molecule has 3 rings (SSSR count). The standard InChI is InChI=1S/C14H19N7O2S2/c1-9-18-19-13(25-9)16-11(22)7-10-8-24-12(15-10)17-14(23)21-5-3-20(2)4-6-21/h8H,3-7H2,1-2H3,(H,15,17,23)(H,16,19,22). The third-order valence-electron chi connectivity index (χ3n) is 3.67. The monoisotopic (exact) mass is 381 g/mol. The third-order valence-corrected chi connectivity index (χ3v) is 5.23. The summed E-state index contributed by atoms with van der Waals surface area (Å²) in [5.41, 5.74) is 0.609. The minimum atomic E-state index is -0.210. The summed E-state index contributed by atoms with van der Waals surface area (Å²) in [6, 6.07) is -0.150. The maximum absolute atomic E-state index is 12.2. The van der Waals surface area contributed by atoms with E-state index < -0.39 is 0 Å². The average Bonchev–Trinajstić information content (AvgIpc) is 3.17. The van der Waals surface area contributed by atoms with Gasteiger partial charge in [0, 0.05) is 31.6 Å². The Bertz CT molecular complexity index is 752. The lowest BCUT2D eigenvalue weighted by atomic mass is 10.3. The van der Waals surface area contributed by atoms with Crippen LogP contribution in [0.5, 0.6) is 0 Å². The molecule has 3 heterocycles. The molecule has 134 valence electrons. The number of nitrogens with one attached hydrogen (secondary N) is 2. The highest BCUT2D eigenvalue weighted by molar-refractivity contribution is 7.15. The zero-order valence-corrected chi connectivity index (χ0v) is 15.6. The Balaban J connectivity index is 1.50. The molecule has 0 atom stereocenters. The number of aryl methyl sites for hydroxylation is 1. The molecule has 25 heavy (non-hydrogen) atoms. The minimum Gasteiger partial charge on any atom is -0.322 e. The van der Waals surface area contributed by atoms with E-state index in [9.17, 15) is 9.59 Å². The van der Waals surface area contributed by atoms with E-state index in [1.54, 1.807) is 10.3 Å². The molecule has 1 fully saturated rings. The summed E-state index contributed by atoms with van der Waals surface area (Å²) < 4.78 is 0. The molecule has 0 bridgehead atoms. The van der Waals surface area contributed by atoms with E-state index in [0.717, 1.165) is 18.1 Å². The second-order valence-electron chi connectivity index (χ2n) is 5.72. The van der Waals surface area contributed by atoms with Crippen LogP contribution in [-0.4, -0.2) is 70.1 Å². The fourth-order valence-corrected chi connectivity index (χ4v) is 3.61. The van der Waals surface area contributed by atoms with Gasteiger partial charge in [0.15, 0.2) is 5.13 Å². The Morgan fingerprint density at radius 3 is 2.60 bits per heavy atom. The van der Waals surface area contributed by atoms with Crippen LogP contribution in [0.4, 0.5) is 15.1 Å². The summed E-state index contributed by atoms with van der Waals surface area (Å²) in [5.74, 6) is -0.210. The van der Waals surface area contributed by atoms with E-state index in [-0.39, 0.29) is 18.4 Å². The van der Waals surface area contributed by atoms with Crippen LogP contribution in [0.2, 0.25) is 0 Å². The van der Waals surface area contributed by atoms with Gasteiger partial charge in [0.25, 0.3) is 0 Å². The van der Waals surface area contributed by atoms with Crippen LogP contribution >= 0.6 is 22.7 Å². The van der Waals surface area contributed by atoms with Gasteiger partial charge in [0.1, 0.15) is 5.01 Å². The van der Waals surface area contributed by atoms with Crippen LogP contribution in [0, 0.1) is 6.92 Å². The quantitative estimate of drug-likeness (QED) is 0.826. The summed E-state index contributed by atoms with van der Waals surface area (Å²) in [4.78, 5) is 32.5. The highest BCUT2D eigenvalue weighted by Gasteiger charge is 2.20. The van der Waals surface area contributed by atoms with E-state index in [0.29, 0.717) is 29.0 Å². The molecule has 0 aliphatic carbocycles. The van der Waals surface area contributed by atoms with Crippen molar-refractivity contribution in [3.8, 4) is 0 Å². The van der Waals surface area contributed by atoms with Crippen molar-refractivity contribution in [1.82, 2.24) is 25.0 Å². The second-order valence-corrected chi connectivity index (χ2v) is 7.76. The Labute approximate surface area is 153 Å². The number of anilines is 2. The summed E-state index contributed by atoms with van der Waals surface area (Å²) in [7, 11) is 2.04. The Morgan fingerprint density at radius 2 is 1.92 bits per heavy atom. The number of likely N-dealkylation sites (N-methyl/N-ethyl adjacent to an activating group) is 1. The van der Waals surface area contributed by atoms with Crippen molar-refractivity contribution in [2.24, 2.45) is 0 Å². The Kier molecular flexibility index (Phi) is 5.56. The molecule has 0 spiro atoms. The van der Waals surface area contributed by atoms with Gasteiger partial charge in [-0.3, -0.25) is 10.1 Å². The predicted molar refractivity (Wildman–Crippen MR) is 97.2 cm³/mol. The average molecular weight is 381 g/mol. The number of urea groups is 1. The van der Waals surface area contributed by atoms with Gasteiger partial charge in [0.05, 0.1) is 12.1 Å². The van der Waals surface area contributed by atoms with Crippen molar-refractivity contribution in [3.63, 3.8) is 0 Å². The van der Waals surface area contributed by atoms with Gasteiger partial charge in [-0.15, -0.1) is 21.5 Å². The molecule has 0 radical (unpaired) electrons. The molecule has 3 amide bonds. The van der Waals surface area contributed by atoms with Gasteiger partial charge in [-0.1, -0.05) is 11.3 Å². The number of thiazole rings is 1. The molecule has 2 N–H and O–H groups in total. The van der Waals surface area contributed by atoms with Gasteiger partial charge in [-0.25, -0.2) is 9.78 Å². The maximum atomic E-state index is 12.2. The van der Waals surface area contributed by atoms with Crippen molar-refractivity contribution in [2.45, 2.75) is 13.3 Å². The molecular weight excluding hydrogens is 362 g/mol. The normalized spacial score (nSPS) is 15.2. The number of carbonyl (C=O) groups is 2. The maximum Gasteiger partial charge on any atom is 0.323 e. The van der Waals surface area contributed by atoms with E-state index in [2.05, 4.69) is 30.7 Å². The van der Waals surface area contributed by atoms with Gasteiger partial charge in [-0.05, 0) is 14.0 Å². The van der Waals surface area contributed by atoms with Gasteiger partial charge < -0.3 is 15.1 Å². The number of aromatic nitrogens is 3. The first-order chi connectivity index (χ1) is 12.0. The lowest BCUT2D eigenvalue weighted by Gasteiger charge is -2.32. The van der Waals surface area contributed by atoms with Crippen LogP contribution < -0.4 is 10.6 Å². The molecule has 0 unspecified atom stereocenters. The Morgan fingerprint density at radius 1 is 1.16 bits per heavy atom. The summed E-state index contributed by atoms with van der Waals surface area (Å²) >= 11 is 2.63. The molecule has 2 aromatic heterocycles. The van der Waals surface area contributed by atoms with Crippen LogP contribution in [-0.2, 0) is 11.2 Å². The van der Waals surface area contributed by atoms with Crippen molar-refractivity contribution in [1.29, 1.82) is 0 Å². The SMILES string of the molecule is Cc1nnc(NC(=O)Cc2csc(NC(=O)N3CCN(C)CC3)n2)s1. The smallest absolute Gasteiger partial charge is 0.322 e. The summed E-state index contributed by atoms with van der Waals surface area (Å²) in [5, 5.41) is 16.7. The molecule has 1 saturated heterocycles. The lowest BCUT2D eigenvalue weighted by Crippen LogP contribution is -2.48. The van der Waals surface area contributed by atoms with E-state index >= 15 is 0 Å². The number of nitrogens with zero attached hydrogens (tertiary/aromatic N) is 5. The van der Waals surface area contributed by atoms with Crippen LogP contribution in [0.25, 0.3) is 0 Å². The van der Waals surface area contributed by atoms with Gasteiger partial charge >= 0.3 is 6.03 Å². The first kappa shape index (κ1) is 17.7. The fraction of sp³-hybridized carbons (Fsp3) is 0.500. The third kappa shape index (κ3) is 4.94. The molecule has 2 aromatic rings. The van der Waals surface area contributed by atoms with Crippen molar-refractivity contribution < 1.29 is 9.59 Å². The first-order valence-electron chi connectivity index (χ1n) is 7.78. The predicted octanol–water partition coefficient (Wildman–Crippen LogP) is 1.26. The molecule has 0 aromatic carbocycles. The summed E-state index contributed by atoms with van der Waals surface area (Å²) in [6.45, 7) is 4.95. The number of rotatable bonds is 4. The number of carbonyl (C=O) groups excluding carboxylic acids is 2. The second kappa shape index (κ2) is 7.85.